The van der Waals surface area contributed by atoms with Crippen LogP contribution in [0.3, 0.4) is 0 Å². The molecule has 0 aliphatic heterocycles. The Balaban J connectivity index is 2.56. The molecular formula is C15H27N3O. The Morgan fingerprint density at radius 2 is 2.05 bits per heavy atom. The van der Waals surface area contributed by atoms with Crippen molar-refractivity contribution in [2.75, 3.05) is 18.5 Å². The summed E-state index contributed by atoms with van der Waals surface area (Å²) < 4.78 is 5.67. The summed E-state index contributed by atoms with van der Waals surface area (Å²) in [6.07, 6.45) is 4.98. The van der Waals surface area contributed by atoms with Crippen molar-refractivity contribution in [2.45, 2.75) is 46.1 Å². The summed E-state index contributed by atoms with van der Waals surface area (Å²) in [5.41, 5.74) is 6.21. The molecule has 0 fully saturated rings. The third-order valence-electron chi connectivity index (χ3n) is 3.39. The first-order valence-corrected chi connectivity index (χ1v) is 7.30. The van der Waals surface area contributed by atoms with Gasteiger partial charge in [0.25, 0.3) is 0 Å². The van der Waals surface area contributed by atoms with E-state index in [2.05, 4.69) is 31.1 Å². The minimum atomic E-state index is 0.149. The number of pyridine rings is 1. The molecule has 0 radical (unpaired) electrons. The second-order valence-electron chi connectivity index (χ2n) is 4.82. The lowest BCUT2D eigenvalue weighted by molar-refractivity contribution is 0.317. The minimum Gasteiger partial charge on any atom is -0.490 e. The quantitative estimate of drug-likeness (QED) is 0.720. The van der Waals surface area contributed by atoms with Gasteiger partial charge in [0, 0.05) is 18.8 Å². The monoisotopic (exact) mass is 265 g/mol. The summed E-state index contributed by atoms with van der Waals surface area (Å²) in [5, 5.41) is 3.31. The van der Waals surface area contributed by atoms with E-state index >= 15 is 0 Å². The Kier molecular flexibility index (Phi) is 7.26. The van der Waals surface area contributed by atoms with E-state index in [0.29, 0.717) is 12.5 Å². The maximum absolute atomic E-state index is 6.21. The lowest BCUT2D eigenvalue weighted by Crippen LogP contribution is -2.36. The zero-order chi connectivity index (χ0) is 14.1. The van der Waals surface area contributed by atoms with Gasteiger partial charge in [-0.15, -0.1) is 0 Å². The molecule has 19 heavy (non-hydrogen) atoms. The largest absolute Gasteiger partial charge is 0.490 e. The second kappa shape index (κ2) is 8.75. The smallest absolute Gasteiger partial charge is 0.168 e. The molecule has 0 saturated carbocycles. The normalized spacial score (nSPS) is 12.5. The van der Waals surface area contributed by atoms with Crippen LogP contribution in [0.5, 0.6) is 5.75 Å². The number of nitrogens with one attached hydrogen (secondary N) is 1. The van der Waals surface area contributed by atoms with Gasteiger partial charge in [-0.05, 0) is 24.5 Å². The van der Waals surface area contributed by atoms with Crippen molar-refractivity contribution >= 4 is 5.82 Å². The molecule has 0 aliphatic carbocycles. The molecule has 0 saturated heterocycles. The van der Waals surface area contributed by atoms with Crippen molar-refractivity contribution in [3.8, 4) is 5.75 Å². The molecule has 0 aromatic carbocycles. The van der Waals surface area contributed by atoms with E-state index in [-0.39, 0.29) is 6.04 Å². The van der Waals surface area contributed by atoms with Crippen molar-refractivity contribution in [3.05, 3.63) is 18.3 Å². The summed E-state index contributed by atoms with van der Waals surface area (Å²) >= 11 is 0. The van der Waals surface area contributed by atoms with Gasteiger partial charge in [-0.3, -0.25) is 0 Å². The molecule has 0 aliphatic rings. The van der Waals surface area contributed by atoms with Gasteiger partial charge in [0.2, 0.25) is 0 Å². The second-order valence-corrected chi connectivity index (χ2v) is 4.82. The highest BCUT2D eigenvalue weighted by molar-refractivity contribution is 5.49. The van der Waals surface area contributed by atoms with E-state index in [1.807, 2.05) is 12.1 Å². The first kappa shape index (κ1) is 15.8. The third-order valence-corrected chi connectivity index (χ3v) is 3.39. The Labute approximate surface area is 116 Å². The van der Waals surface area contributed by atoms with Crippen molar-refractivity contribution in [1.82, 2.24) is 4.98 Å². The molecule has 0 amide bonds. The van der Waals surface area contributed by atoms with Gasteiger partial charge in [-0.2, -0.15) is 0 Å². The summed E-state index contributed by atoms with van der Waals surface area (Å²) in [4.78, 5) is 4.32. The Morgan fingerprint density at radius 1 is 1.32 bits per heavy atom. The standard InChI is InChI=1S/C15H27N3O/c1-4-10-19-14-8-7-9-17-15(14)18-11-13(16)12(5-2)6-3/h7-9,12-13H,4-6,10-11,16H2,1-3H3,(H,17,18). The van der Waals surface area contributed by atoms with Crippen molar-refractivity contribution in [3.63, 3.8) is 0 Å². The summed E-state index contributed by atoms with van der Waals surface area (Å²) in [5.74, 6) is 2.15. The number of nitrogens with zero attached hydrogens (tertiary/aromatic N) is 1. The van der Waals surface area contributed by atoms with Gasteiger partial charge >= 0.3 is 0 Å². The van der Waals surface area contributed by atoms with Crippen LogP contribution in [-0.4, -0.2) is 24.2 Å². The maximum atomic E-state index is 6.21. The molecule has 1 heterocycles. The number of anilines is 1. The van der Waals surface area contributed by atoms with Crippen LogP contribution in [0.15, 0.2) is 18.3 Å². The molecular weight excluding hydrogens is 238 g/mol. The van der Waals surface area contributed by atoms with Gasteiger partial charge < -0.3 is 15.8 Å². The minimum absolute atomic E-state index is 0.149. The molecule has 1 rings (SSSR count). The predicted molar refractivity (Wildman–Crippen MR) is 80.6 cm³/mol. The van der Waals surface area contributed by atoms with Crippen LogP contribution in [0, 0.1) is 5.92 Å². The van der Waals surface area contributed by atoms with Gasteiger partial charge in [-0.1, -0.05) is 33.6 Å². The number of ether oxygens (including phenoxy) is 1. The zero-order valence-electron chi connectivity index (χ0n) is 12.4. The Morgan fingerprint density at radius 3 is 2.68 bits per heavy atom. The van der Waals surface area contributed by atoms with Crippen LogP contribution < -0.4 is 15.8 Å². The summed E-state index contributed by atoms with van der Waals surface area (Å²) in [6, 6.07) is 3.97. The Hall–Kier alpha value is -1.29. The van der Waals surface area contributed by atoms with Crippen LogP contribution in [0.2, 0.25) is 0 Å². The van der Waals surface area contributed by atoms with E-state index in [1.54, 1.807) is 6.20 Å². The molecule has 4 nitrogen and oxygen atoms in total. The third kappa shape index (κ3) is 5.07. The lowest BCUT2D eigenvalue weighted by atomic mass is 9.95. The number of hydrogen-bond acceptors (Lipinski definition) is 4. The highest BCUT2D eigenvalue weighted by atomic mass is 16.5. The van der Waals surface area contributed by atoms with Gasteiger partial charge in [0.05, 0.1) is 6.61 Å². The molecule has 1 atom stereocenters. The number of hydrogen-bond donors (Lipinski definition) is 2. The first-order valence-electron chi connectivity index (χ1n) is 7.30. The maximum Gasteiger partial charge on any atom is 0.168 e. The van der Waals surface area contributed by atoms with Gasteiger partial charge in [0.15, 0.2) is 11.6 Å². The van der Waals surface area contributed by atoms with Crippen LogP contribution in [0.25, 0.3) is 0 Å². The van der Waals surface area contributed by atoms with E-state index in [9.17, 15) is 0 Å². The van der Waals surface area contributed by atoms with Crippen molar-refractivity contribution in [2.24, 2.45) is 11.7 Å². The van der Waals surface area contributed by atoms with Crippen molar-refractivity contribution < 1.29 is 4.74 Å². The van der Waals surface area contributed by atoms with E-state index in [0.717, 1.165) is 37.4 Å². The van der Waals surface area contributed by atoms with Gasteiger partial charge in [-0.25, -0.2) is 4.98 Å². The van der Waals surface area contributed by atoms with E-state index < -0.39 is 0 Å². The fourth-order valence-electron chi connectivity index (χ4n) is 2.13. The molecule has 1 aromatic rings. The van der Waals surface area contributed by atoms with Crippen molar-refractivity contribution in [1.29, 1.82) is 0 Å². The highest BCUT2D eigenvalue weighted by Gasteiger charge is 2.14. The average molecular weight is 265 g/mol. The average Bonchev–Trinajstić information content (AvgIpc) is 2.45. The fraction of sp³-hybridized carbons (Fsp3) is 0.667. The fourth-order valence-corrected chi connectivity index (χ4v) is 2.13. The predicted octanol–water partition coefficient (Wildman–Crippen LogP) is 3.05. The van der Waals surface area contributed by atoms with Crippen LogP contribution in [0.1, 0.15) is 40.0 Å². The van der Waals surface area contributed by atoms with Crippen LogP contribution >= 0.6 is 0 Å². The SMILES string of the molecule is CCCOc1cccnc1NCC(N)C(CC)CC. The van der Waals surface area contributed by atoms with Crippen LogP contribution in [-0.2, 0) is 0 Å². The molecule has 4 heteroatoms. The molecule has 1 unspecified atom stereocenters. The Bertz CT molecular complexity index is 353. The van der Waals surface area contributed by atoms with Crippen LogP contribution in [0.4, 0.5) is 5.82 Å². The highest BCUT2D eigenvalue weighted by Crippen LogP contribution is 2.21. The molecule has 1 aromatic heterocycles. The number of nitrogens with two attached hydrogens (primary N) is 1. The molecule has 0 spiro atoms. The van der Waals surface area contributed by atoms with E-state index in [4.69, 9.17) is 10.5 Å². The molecule has 108 valence electrons. The van der Waals surface area contributed by atoms with E-state index in [1.165, 1.54) is 0 Å². The molecule has 3 N–H and O–H groups in total. The number of rotatable bonds is 9. The topological polar surface area (TPSA) is 60.2 Å². The summed E-state index contributed by atoms with van der Waals surface area (Å²) in [6.45, 7) is 7.90. The van der Waals surface area contributed by atoms with Gasteiger partial charge in [0.1, 0.15) is 0 Å². The molecule has 0 bridgehead atoms. The first-order chi connectivity index (χ1) is 9.22. The zero-order valence-corrected chi connectivity index (χ0v) is 12.4. The summed E-state index contributed by atoms with van der Waals surface area (Å²) in [7, 11) is 0. The number of aromatic nitrogens is 1. The lowest BCUT2D eigenvalue weighted by Gasteiger charge is -2.22.